The van der Waals surface area contributed by atoms with Gasteiger partial charge in [-0.3, -0.25) is 0 Å². The summed E-state index contributed by atoms with van der Waals surface area (Å²) < 4.78 is 26.3. The van der Waals surface area contributed by atoms with Crippen molar-refractivity contribution in [2.45, 2.75) is 12.6 Å². The minimum Gasteiger partial charge on any atom is -0.242 e. The predicted octanol–water partition coefficient (Wildman–Crippen LogP) is 2.56. The van der Waals surface area contributed by atoms with Crippen molar-refractivity contribution < 1.29 is 13.6 Å². The van der Waals surface area contributed by atoms with E-state index in [1.165, 1.54) is 24.3 Å². The average Bonchev–Trinajstić information content (AvgIpc) is 2.18. The fourth-order valence-electron chi connectivity index (χ4n) is 1.11. The molecule has 0 saturated carbocycles. The van der Waals surface area contributed by atoms with E-state index >= 15 is 0 Å². The van der Waals surface area contributed by atoms with Crippen LogP contribution in [0.15, 0.2) is 29.3 Å². The van der Waals surface area contributed by atoms with Crippen LogP contribution in [-0.4, -0.2) is 12.6 Å². The van der Waals surface area contributed by atoms with Crippen molar-refractivity contribution >= 4 is 6.08 Å². The van der Waals surface area contributed by atoms with Gasteiger partial charge < -0.3 is 0 Å². The van der Waals surface area contributed by atoms with Crippen molar-refractivity contribution in [3.8, 4) is 0 Å². The van der Waals surface area contributed by atoms with Crippen molar-refractivity contribution in [1.82, 2.24) is 0 Å². The van der Waals surface area contributed by atoms with E-state index in [1.807, 2.05) is 0 Å². The molecule has 4 heteroatoms. The Morgan fingerprint density at radius 2 is 2.14 bits per heavy atom. The summed E-state index contributed by atoms with van der Waals surface area (Å²) in [5.41, 5.74) is 0.00796. The lowest BCUT2D eigenvalue weighted by Crippen LogP contribution is -1.97. The van der Waals surface area contributed by atoms with Gasteiger partial charge in [-0.1, -0.05) is 18.2 Å². The summed E-state index contributed by atoms with van der Waals surface area (Å²) in [7, 11) is 0. The molecule has 1 rings (SSSR count). The van der Waals surface area contributed by atoms with Crippen LogP contribution >= 0.6 is 0 Å². The number of alkyl halides is 1. The zero-order valence-corrected chi connectivity index (χ0v) is 7.41. The lowest BCUT2D eigenvalue weighted by Gasteiger charge is -2.06. The third-order valence-electron chi connectivity index (χ3n) is 1.80. The van der Waals surface area contributed by atoms with Crippen LogP contribution in [0.4, 0.5) is 8.78 Å². The molecule has 0 saturated heterocycles. The van der Waals surface area contributed by atoms with Crippen LogP contribution in [0.3, 0.4) is 0 Å². The van der Waals surface area contributed by atoms with Crippen LogP contribution in [-0.2, 0) is 4.79 Å². The highest BCUT2D eigenvalue weighted by molar-refractivity contribution is 5.32. The van der Waals surface area contributed by atoms with Crippen molar-refractivity contribution in [3.05, 3.63) is 35.6 Å². The van der Waals surface area contributed by atoms with Gasteiger partial charge >= 0.3 is 0 Å². The topological polar surface area (TPSA) is 29.4 Å². The summed E-state index contributed by atoms with van der Waals surface area (Å²) in [6, 6.07) is 5.64. The van der Waals surface area contributed by atoms with Gasteiger partial charge in [0.05, 0.1) is 6.54 Å². The van der Waals surface area contributed by atoms with Crippen molar-refractivity contribution in [3.63, 3.8) is 0 Å². The maximum Gasteiger partial charge on any atom is 0.234 e. The number of halogens is 2. The molecule has 1 atom stereocenters. The molecule has 0 aromatic heterocycles. The normalized spacial score (nSPS) is 11.9. The molecule has 0 amide bonds. The van der Waals surface area contributed by atoms with Crippen LogP contribution in [0, 0.1) is 5.82 Å². The van der Waals surface area contributed by atoms with E-state index in [-0.39, 0.29) is 18.5 Å². The molecule has 1 aromatic carbocycles. The number of hydrogen-bond acceptors (Lipinski definition) is 2. The smallest absolute Gasteiger partial charge is 0.234 e. The van der Waals surface area contributed by atoms with E-state index in [0.29, 0.717) is 0 Å². The van der Waals surface area contributed by atoms with Crippen LogP contribution in [0.25, 0.3) is 0 Å². The van der Waals surface area contributed by atoms with Gasteiger partial charge in [0.2, 0.25) is 6.08 Å². The van der Waals surface area contributed by atoms with E-state index in [9.17, 15) is 13.6 Å². The third kappa shape index (κ3) is 2.75. The van der Waals surface area contributed by atoms with E-state index in [1.54, 1.807) is 6.07 Å². The highest BCUT2D eigenvalue weighted by Crippen LogP contribution is 2.23. The first-order chi connectivity index (χ1) is 6.75. The van der Waals surface area contributed by atoms with Crippen molar-refractivity contribution in [2.75, 3.05) is 6.54 Å². The molecule has 0 N–H and O–H groups in total. The van der Waals surface area contributed by atoms with Crippen molar-refractivity contribution in [2.24, 2.45) is 4.99 Å². The highest BCUT2D eigenvalue weighted by Gasteiger charge is 2.12. The SMILES string of the molecule is O=C=NCCC(F)c1ccccc1F. The first-order valence-electron chi connectivity index (χ1n) is 4.18. The summed E-state index contributed by atoms with van der Waals surface area (Å²) in [6.45, 7) is 0.0268. The fraction of sp³-hybridized carbons (Fsp3) is 0.300. The average molecular weight is 197 g/mol. The number of nitrogens with zero attached hydrogens (tertiary/aromatic N) is 1. The largest absolute Gasteiger partial charge is 0.242 e. The Balaban J connectivity index is 2.64. The lowest BCUT2D eigenvalue weighted by atomic mass is 10.1. The van der Waals surface area contributed by atoms with Crippen LogP contribution in [0.2, 0.25) is 0 Å². The van der Waals surface area contributed by atoms with E-state index in [0.717, 1.165) is 0 Å². The fourth-order valence-corrected chi connectivity index (χ4v) is 1.11. The molecule has 0 aliphatic heterocycles. The van der Waals surface area contributed by atoms with Gasteiger partial charge in [0.25, 0.3) is 0 Å². The Labute approximate surface area is 80.3 Å². The molecule has 14 heavy (non-hydrogen) atoms. The second-order valence-electron chi connectivity index (χ2n) is 2.75. The highest BCUT2D eigenvalue weighted by atomic mass is 19.1. The second kappa shape index (κ2) is 5.25. The molecular weight excluding hydrogens is 188 g/mol. The Kier molecular flexibility index (Phi) is 3.95. The first-order valence-corrected chi connectivity index (χ1v) is 4.18. The van der Waals surface area contributed by atoms with Crippen molar-refractivity contribution in [1.29, 1.82) is 0 Å². The van der Waals surface area contributed by atoms with Gasteiger partial charge in [0.15, 0.2) is 0 Å². The quantitative estimate of drug-likeness (QED) is 0.538. The zero-order chi connectivity index (χ0) is 10.4. The van der Waals surface area contributed by atoms with Crippen LogP contribution in [0.5, 0.6) is 0 Å². The number of carbonyl (C=O) groups excluding carboxylic acids is 1. The Morgan fingerprint density at radius 1 is 1.43 bits per heavy atom. The van der Waals surface area contributed by atoms with Crippen LogP contribution in [0.1, 0.15) is 18.2 Å². The molecular formula is C10H9F2NO. The Hall–Kier alpha value is -1.54. The van der Waals surface area contributed by atoms with Gasteiger partial charge in [-0.05, 0) is 6.07 Å². The Bertz CT molecular complexity index is 348. The minimum absolute atomic E-state index is 0.00380. The third-order valence-corrected chi connectivity index (χ3v) is 1.80. The summed E-state index contributed by atoms with van der Waals surface area (Å²) in [5, 5.41) is 0. The maximum atomic E-state index is 13.3. The van der Waals surface area contributed by atoms with Crippen LogP contribution < -0.4 is 0 Å². The molecule has 1 unspecified atom stereocenters. The van der Waals surface area contributed by atoms with E-state index < -0.39 is 12.0 Å². The molecule has 0 aliphatic carbocycles. The molecule has 0 fully saturated rings. The zero-order valence-electron chi connectivity index (χ0n) is 7.41. The van der Waals surface area contributed by atoms with E-state index in [4.69, 9.17) is 0 Å². The summed E-state index contributed by atoms with van der Waals surface area (Å²) in [5.74, 6) is -0.574. The molecule has 0 aliphatic rings. The molecule has 0 bridgehead atoms. The summed E-state index contributed by atoms with van der Waals surface area (Å²) >= 11 is 0. The molecule has 0 heterocycles. The van der Waals surface area contributed by atoms with E-state index in [2.05, 4.69) is 4.99 Å². The molecule has 1 aromatic rings. The van der Waals surface area contributed by atoms with Gasteiger partial charge in [-0.25, -0.2) is 18.6 Å². The second-order valence-corrected chi connectivity index (χ2v) is 2.75. The first kappa shape index (κ1) is 10.5. The van der Waals surface area contributed by atoms with Gasteiger partial charge in [-0.15, -0.1) is 0 Å². The molecule has 74 valence electrons. The summed E-state index contributed by atoms with van der Waals surface area (Å²) in [6.07, 6.45) is -0.123. The monoisotopic (exact) mass is 197 g/mol. The predicted molar refractivity (Wildman–Crippen MR) is 47.9 cm³/mol. The number of isocyanates is 1. The summed E-state index contributed by atoms with van der Waals surface area (Å²) in [4.78, 5) is 12.9. The van der Waals surface area contributed by atoms with Gasteiger partial charge in [0.1, 0.15) is 12.0 Å². The lowest BCUT2D eigenvalue weighted by molar-refractivity contribution is 0.317. The van der Waals surface area contributed by atoms with Gasteiger partial charge in [0, 0.05) is 12.0 Å². The molecule has 0 radical (unpaired) electrons. The molecule has 2 nitrogen and oxygen atoms in total. The number of hydrogen-bond donors (Lipinski definition) is 0. The number of benzene rings is 1. The maximum absolute atomic E-state index is 13.3. The number of rotatable bonds is 4. The standard InChI is InChI=1S/C10H9F2NO/c11-9-4-2-1-3-8(9)10(12)5-6-13-7-14/h1-4,10H,5-6H2. The minimum atomic E-state index is -1.42. The molecule has 0 spiro atoms. The van der Waals surface area contributed by atoms with Gasteiger partial charge in [-0.2, -0.15) is 0 Å². The number of aliphatic imine (C=N–C) groups is 1. The Morgan fingerprint density at radius 3 is 2.79 bits per heavy atom.